The van der Waals surface area contributed by atoms with Gasteiger partial charge in [0.15, 0.2) is 0 Å². The maximum atomic E-state index is 12.1. The van der Waals surface area contributed by atoms with E-state index in [9.17, 15) is 9.59 Å². The number of carboxylic acids is 1. The van der Waals surface area contributed by atoms with E-state index >= 15 is 0 Å². The van der Waals surface area contributed by atoms with E-state index in [0.29, 0.717) is 5.56 Å². The molecule has 102 valence electrons. The number of carbonyl (C=O) groups is 2. The molecule has 0 bridgehead atoms. The van der Waals surface area contributed by atoms with Crippen LogP contribution in [0, 0.1) is 5.92 Å². The molecule has 0 radical (unpaired) electrons. The Morgan fingerprint density at radius 1 is 1.20 bits per heavy atom. The minimum atomic E-state index is -0.853. The van der Waals surface area contributed by atoms with Gasteiger partial charge in [-0.2, -0.15) is 5.10 Å². The van der Waals surface area contributed by atoms with Gasteiger partial charge >= 0.3 is 5.97 Å². The summed E-state index contributed by atoms with van der Waals surface area (Å²) in [4.78, 5) is 24.4. The van der Waals surface area contributed by atoms with Crippen LogP contribution < -0.4 is 0 Å². The summed E-state index contributed by atoms with van der Waals surface area (Å²) in [5.74, 6) is -1.47. The number of carboxylic acid groups (broad SMARTS) is 1. The Hall–Kier alpha value is -2.63. The Labute approximate surface area is 115 Å². The second kappa shape index (κ2) is 4.80. The SMILES string of the molecule is O=C(O)C1CN(C(=O)c2cnn(-c3ccccc3)c2)C1. The fraction of sp³-hybridized carbons (Fsp3) is 0.214. The van der Waals surface area contributed by atoms with E-state index < -0.39 is 11.9 Å². The zero-order valence-electron chi connectivity index (χ0n) is 10.6. The van der Waals surface area contributed by atoms with Gasteiger partial charge in [0, 0.05) is 19.3 Å². The van der Waals surface area contributed by atoms with Gasteiger partial charge in [-0.1, -0.05) is 18.2 Å². The summed E-state index contributed by atoms with van der Waals surface area (Å²) in [6.45, 7) is 0.537. The van der Waals surface area contributed by atoms with Crippen LogP contribution in [0.3, 0.4) is 0 Å². The largest absolute Gasteiger partial charge is 0.481 e. The molecular formula is C14H13N3O3. The standard InChI is InChI=1S/C14H13N3O3/c18-13(16-7-11(8-16)14(19)20)10-6-15-17(9-10)12-4-2-1-3-5-12/h1-6,9,11H,7-8H2,(H,19,20). The van der Waals surface area contributed by atoms with Crippen LogP contribution in [-0.4, -0.2) is 44.8 Å². The number of nitrogens with zero attached hydrogens (tertiary/aromatic N) is 3. The number of likely N-dealkylation sites (tertiary alicyclic amines) is 1. The van der Waals surface area contributed by atoms with Crippen LogP contribution in [0.2, 0.25) is 0 Å². The van der Waals surface area contributed by atoms with Gasteiger partial charge in [0.1, 0.15) is 0 Å². The van der Waals surface area contributed by atoms with Crippen molar-refractivity contribution in [1.82, 2.24) is 14.7 Å². The highest BCUT2D eigenvalue weighted by Gasteiger charge is 2.36. The van der Waals surface area contributed by atoms with Gasteiger partial charge in [-0.25, -0.2) is 4.68 Å². The first-order valence-electron chi connectivity index (χ1n) is 6.27. The highest BCUT2D eigenvalue weighted by atomic mass is 16.4. The topological polar surface area (TPSA) is 75.4 Å². The summed E-state index contributed by atoms with van der Waals surface area (Å²) >= 11 is 0. The number of carbonyl (C=O) groups excluding carboxylic acids is 1. The molecule has 0 spiro atoms. The molecular weight excluding hydrogens is 258 g/mol. The Morgan fingerprint density at radius 3 is 2.55 bits per heavy atom. The molecule has 1 aromatic heterocycles. The Morgan fingerprint density at radius 2 is 1.90 bits per heavy atom. The smallest absolute Gasteiger partial charge is 0.310 e. The van der Waals surface area contributed by atoms with Crippen LogP contribution in [0.25, 0.3) is 5.69 Å². The average molecular weight is 271 g/mol. The number of para-hydroxylation sites is 1. The van der Waals surface area contributed by atoms with Gasteiger partial charge in [0.2, 0.25) is 0 Å². The Kier molecular flexibility index (Phi) is 2.98. The Bertz CT molecular complexity index is 645. The van der Waals surface area contributed by atoms with Crippen molar-refractivity contribution in [2.45, 2.75) is 0 Å². The molecule has 6 nitrogen and oxygen atoms in total. The summed E-state index contributed by atoms with van der Waals surface area (Å²) in [6, 6.07) is 9.48. The summed E-state index contributed by atoms with van der Waals surface area (Å²) < 4.78 is 1.63. The summed E-state index contributed by atoms with van der Waals surface area (Å²) in [5, 5.41) is 13.0. The van der Waals surface area contributed by atoms with Crippen LogP contribution in [0.5, 0.6) is 0 Å². The minimum absolute atomic E-state index is 0.176. The molecule has 1 amide bonds. The maximum Gasteiger partial charge on any atom is 0.310 e. The van der Waals surface area contributed by atoms with Crippen molar-refractivity contribution in [1.29, 1.82) is 0 Å². The molecule has 1 aliphatic heterocycles. The molecule has 3 rings (SSSR count). The Balaban J connectivity index is 1.72. The fourth-order valence-electron chi connectivity index (χ4n) is 2.14. The third-order valence-corrected chi connectivity index (χ3v) is 3.37. The second-order valence-corrected chi connectivity index (χ2v) is 4.75. The number of hydrogen-bond acceptors (Lipinski definition) is 3. The average Bonchev–Trinajstić information content (AvgIpc) is 2.87. The van der Waals surface area contributed by atoms with E-state index in [1.807, 2.05) is 30.3 Å². The van der Waals surface area contributed by atoms with E-state index in [4.69, 9.17) is 5.11 Å². The lowest BCUT2D eigenvalue weighted by molar-refractivity contribution is -0.146. The van der Waals surface area contributed by atoms with Crippen LogP contribution in [0.15, 0.2) is 42.7 Å². The van der Waals surface area contributed by atoms with Crippen molar-refractivity contribution in [3.05, 3.63) is 48.3 Å². The molecule has 6 heteroatoms. The lowest BCUT2D eigenvalue weighted by Gasteiger charge is -2.36. The van der Waals surface area contributed by atoms with Crippen molar-refractivity contribution in [3.63, 3.8) is 0 Å². The van der Waals surface area contributed by atoms with Gasteiger partial charge in [0.25, 0.3) is 5.91 Å². The highest BCUT2D eigenvalue weighted by Crippen LogP contribution is 2.19. The van der Waals surface area contributed by atoms with Crippen LogP contribution in [-0.2, 0) is 4.79 Å². The van der Waals surface area contributed by atoms with Crippen molar-refractivity contribution in [2.24, 2.45) is 5.92 Å². The lowest BCUT2D eigenvalue weighted by atomic mass is 10.00. The molecule has 0 unspecified atom stereocenters. The molecule has 0 aliphatic carbocycles. The first-order chi connectivity index (χ1) is 9.65. The molecule has 0 atom stereocenters. The molecule has 1 aliphatic rings. The van der Waals surface area contributed by atoms with E-state index in [-0.39, 0.29) is 19.0 Å². The van der Waals surface area contributed by atoms with Crippen LogP contribution in [0.4, 0.5) is 0 Å². The van der Waals surface area contributed by atoms with Gasteiger partial charge in [-0.15, -0.1) is 0 Å². The number of aliphatic carboxylic acids is 1. The molecule has 1 aromatic carbocycles. The van der Waals surface area contributed by atoms with Crippen LogP contribution in [0.1, 0.15) is 10.4 Å². The third-order valence-electron chi connectivity index (χ3n) is 3.37. The van der Waals surface area contributed by atoms with E-state index in [1.54, 1.807) is 10.9 Å². The minimum Gasteiger partial charge on any atom is -0.481 e. The number of benzene rings is 1. The summed E-state index contributed by atoms with van der Waals surface area (Å²) in [7, 11) is 0. The molecule has 20 heavy (non-hydrogen) atoms. The lowest BCUT2D eigenvalue weighted by Crippen LogP contribution is -2.52. The number of aromatic nitrogens is 2. The molecule has 1 N–H and O–H groups in total. The van der Waals surface area contributed by atoms with E-state index in [1.165, 1.54) is 11.1 Å². The molecule has 1 fully saturated rings. The zero-order chi connectivity index (χ0) is 14.1. The summed E-state index contributed by atoms with van der Waals surface area (Å²) in [5.41, 5.74) is 1.34. The van der Waals surface area contributed by atoms with Gasteiger partial charge < -0.3 is 10.0 Å². The van der Waals surface area contributed by atoms with Crippen molar-refractivity contribution in [3.8, 4) is 5.69 Å². The van der Waals surface area contributed by atoms with E-state index in [0.717, 1.165) is 5.69 Å². The fourth-order valence-corrected chi connectivity index (χ4v) is 2.14. The normalized spacial score (nSPS) is 14.9. The number of hydrogen-bond donors (Lipinski definition) is 1. The van der Waals surface area contributed by atoms with E-state index in [2.05, 4.69) is 5.10 Å². The number of amides is 1. The van der Waals surface area contributed by atoms with Gasteiger partial charge in [-0.05, 0) is 12.1 Å². The predicted octanol–water partition coefficient (Wildman–Crippen LogP) is 1.03. The predicted molar refractivity (Wildman–Crippen MR) is 70.6 cm³/mol. The summed E-state index contributed by atoms with van der Waals surface area (Å²) in [6.07, 6.45) is 3.16. The first kappa shape index (κ1) is 12.4. The monoisotopic (exact) mass is 271 g/mol. The maximum absolute atomic E-state index is 12.1. The van der Waals surface area contributed by atoms with Crippen molar-refractivity contribution >= 4 is 11.9 Å². The van der Waals surface area contributed by atoms with Gasteiger partial charge in [0.05, 0.1) is 23.4 Å². The van der Waals surface area contributed by atoms with Crippen molar-refractivity contribution < 1.29 is 14.7 Å². The zero-order valence-corrected chi connectivity index (χ0v) is 10.6. The molecule has 0 saturated carbocycles. The highest BCUT2D eigenvalue weighted by molar-refractivity contribution is 5.95. The third kappa shape index (κ3) is 2.16. The van der Waals surface area contributed by atoms with Gasteiger partial charge in [-0.3, -0.25) is 9.59 Å². The number of rotatable bonds is 3. The molecule has 1 saturated heterocycles. The second-order valence-electron chi connectivity index (χ2n) is 4.75. The molecule has 2 aromatic rings. The quantitative estimate of drug-likeness (QED) is 0.904. The van der Waals surface area contributed by atoms with Crippen LogP contribution >= 0.6 is 0 Å². The molecule has 2 heterocycles. The van der Waals surface area contributed by atoms with Crippen molar-refractivity contribution in [2.75, 3.05) is 13.1 Å². The first-order valence-corrected chi connectivity index (χ1v) is 6.27.